The van der Waals surface area contributed by atoms with Gasteiger partial charge in [-0.25, -0.2) is 0 Å². The number of hydrogen-bond donors (Lipinski definition) is 0. The highest BCUT2D eigenvalue weighted by Crippen LogP contribution is 2.16. The van der Waals surface area contributed by atoms with Crippen molar-refractivity contribution in [1.82, 2.24) is 0 Å². The molecule has 0 aliphatic rings. The van der Waals surface area contributed by atoms with Gasteiger partial charge in [0.25, 0.3) is 0 Å². The molecule has 0 bridgehead atoms. The Morgan fingerprint density at radius 3 is 2.40 bits per heavy atom. The van der Waals surface area contributed by atoms with Gasteiger partial charge in [0.1, 0.15) is 0 Å². The largest absolute Gasteiger partial charge is 0.448 e. The quantitative estimate of drug-likeness (QED) is 0.477. The standard InChI is InChI=1S/C4H4ClF3O2/c5-1-2-10-4(7,8)3(6)9/h1-2H2. The zero-order chi connectivity index (χ0) is 8.20. The van der Waals surface area contributed by atoms with Crippen molar-refractivity contribution in [2.24, 2.45) is 0 Å². The monoisotopic (exact) mass is 176 g/mol. The van der Waals surface area contributed by atoms with Crippen LogP contribution in [0.4, 0.5) is 13.2 Å². The van der Waals surface area contributed by atoms with Crippen LogP contribution in [0.3, 0.4) is 0 Å². The van der Waals surface area contributed by atoms with E-state index in [2.05, 4.69) is 4.74 Å². The van der Waals surface area contributed by atoms with Crippen molar-refractivity contribution in [2.75, 3.05) is 12.5 Å². The summed E-state index contributed by atoms with van der Waals surface area (Å²) in [5, 5.41) is 0. The van der Waals surface area contributed by atoms with E-state index in [1.54, 1.807) is 0 Å². The van der Waals surface area contributed by atoms with E-state index in [1.807, 2.05) is 0 Å². The highest BCUT2D eigenvalue weighted by atomic mass is 35.5. The predicted molar refractivity (Wildman–Crippen MR) is 27.7 cm³/mol. The SMILES string of the molecule is O=C(F)C(F)(F)OCCCl. The molecule has 0 heterocycles. The van der Waals surface area contributed by atoms with Gasteiger partial charge >= 0.3 is 12.1 Å². The van der Waals surface area contributed by atoms with Crippen molar-refractivity contribution in [3.8, 4) is 0 Å². The molecular formula is C4H4ClF3O2. The summed E-state index contributed by atoms with van der Waals surface area (Å²) in [5.41, 5.74) is 0. The van der Waals surface area contributed by atoms with Crippen molar-refractivity contribution in [3.05, 3.63) is 0 Å². The molecule has 0 saturated heterocycles. The van der Waals surface area contributed by atoms with Gasteiger partial charge in [0, 0.05) is 5.88 Å². The average molecular weight is 177 g/mol. The second kappa shape index (κ2) is 3.78. The first-order valence-corrected chi connectivity index (χ1v) is 2.82. The Bertz CT molecular complexity index is 128. The molecule has 0 amide bonds. The Morgan fingerprint density at radius 1 is 1.60 bits per heavy atom. The van der Waals surface area contributed by atoms with E-state index in [1.165, 1.54) is 0 Å². The van der Waals surface area contributed by atoms with Crippen LogP contribution in [-0.2, 0) is 9.53 Å². The molecule has 0 atom stereocenters. The van der Waals surface area contributed by atoms with Crippen molar-refractivity contribution in [2.45, 2.75) is 6.11 Å². The van der Waals surface area contributed by atoms with Crippen LogP contribution in [0.5, 0.6) is 0 Å². The lowest BCUT2D eigenvalue weighted by molar-refractivity contribution is -0.236. The van der Waals surface area contributed by atoms with E-state index in [4.69, 9.17) is 11.6 Å². The van der Waals surface area contributed by atoms with Crippen LogP contribution >= 0.6 is 11.6 Å². The Labute approximate surface area is 59.9 Å². The van der Waals surface area contributed by atoms with Crippen LogP contribution in [0.15, 0.2) is 0 Å². The molecule has 0 aromatic heterocycles. The second-order valence-corrected chi connectivity index (χ2v) is 1.71. The molecule has 0 rings (SSSR count). The van der Waals surface area contributed by atoms with Gasteiger partial charge in [0.05, 0.1) is 6.61 Å². The van der Waals surface area contributed by atoms with Gasteiger partial charge in [-0.2, -0.15) is 13.2 Å². The zero-order valence-electron chi connectivity index (χ0n) is 4.74. The van der Waals surface area contributed by atoms with Gasteiger partial charge in [0.15, 0.2) is 0 Å². The highest BCUT2D eigenvalue weighted by molar-refractivity contribution is 6.17. The summed E-state index contributed by atoms with van der Waals surface area (Å²) >= 11 is 4.92. The van der Waals surface area contributed by atoms with E-state index in [0.717, 1.165) is 0 Å². The molecule has 0 N–H and O–H groups in total. The van der Waals surface area contributed by atoms with Gasteiger partial charge in [-0.1, -0.05) is 0 Å². The van der Waals surface area contributed by atoms with Gasteiger partial charge in [0.2, 0.25) is 0 Å². The maximum Gasteiger partial charge on any atom is 0.448 e. The van der Waals surface area contributed by atoms with Gasteiger partial charge in [-0.05, 0) is 0 Å². The summed E-state index contributed by atoms with van der Waals surface area (Å²) in [6.45, 7) is -0.565. The van der Waals surface area contributed by atoms with Crippen molar-refractivity contribution >= 4 is 17.6 Å². The third-order valence-electron chi connectivity index (χ3n) is 0.589. The highest BCUT2D eigenvalue weighted by Gasteiger charge is 2.40. The summed E-state index contributed by atoms with van der Waals surface area (Å²) in [5.74, 6) is -0.219. The third kappa shape index (κ3) is 3.03. The topological polar surface area (TPSA) is 26.3 Å². The molecule has 0 spiro atoms. The molecule has 0 aromatic rings. The summed E-state index contributed by atoms with van der Waals surface area (Å²) in [4.78, 5) is 9.39. The number of carbonyl (C=O) groups is 1. The van der Waals surface area contributed by atoms with Crippen LogP contribution < -0.4 is 0 Å². The van der Waals surface area contributed by atoms with E-state index in [9.17, 15) is 18.0 Å². The predicted octanol–water partition coefficient (Wildman–Crippen LogP) is 1.33. The van der Waals surface area contributed by atoms with E-state index < -0.39 is 18.8 Å². The maximum atomic E-state index is 11.7. The van der Waals surface area contributed by atoms with Crippen LogP contribution in [0.25, 0.3) is 0 Å². The fraction of sp³-hybridized carbons (Fsp3) is 0.750. The van der Waals surface area contributed by atoms with Gasteiger partial charge in [-0.15, -0.1) is 11.6 Å². The molecule has 10 heavy (non-hydrogen) atoms. The summed E-state index contributed by atoms with van der Waals surface area (Å²) < 4.78 is 38.2. The molecule has 2 nitrogen and oxygen atoms in total. The number of hydrogen-bond acceptors (Lipinski definition) is 2. The minimum atomic E-state index is -4.34. The fourth-order valence-corrected chi connectivity index (χ4v) is 0.301. The normalized spacial score (nSPS) is 11.6. The fourth-order valence-electron chi connectivity index (χ4n) is 0.223. The van der Waals surface area contributed by atoms with Crippen LogP contribution in [0, 0.1) is 0 Å². The number of carbonyl (C=O) groups excluding carboxylic acids is 1. The molecule has 60 valence electrons. The molecule has 0 aromatic carbocycles. The third-order valence-corrected chi connectivity index (χ3v) is 0.744. The van der Waals surface area contributed by atoms with Crippen molar-refractivity contribution in [3.63, 3.8) is 0 Å². The Kier molecular flexibility index (Phi) is 3.67. The minimum absolute atomic E-state index is 0.219. The Hall–Kier alpha value is -0.290. The second-order valence-electron chi connectivity index (χ2n) is 1.33. The summed E-state index contributed by atoms with van der Waals surface area (Å²) in [6.07, 6.45) is -4.34. The molecule has 0 fully saturated rings. The molecule has 0 saturated carbocycles. The van der Waals surface area contributed by atoms with E-state index in [0.29, 0.717) is 0 Å². The molecule has 0 unspecified atom stereocenters. The van der Waals surface area contributed by atoms with E-state index in [-0.39, 0.29) is 5.88 Å². The van der Waals surface area contributed by atoms with Gasteiger partial charge in [-0.3, -0.25) is 4.79 Å². The summed E-state index contributed by atoms with van der Waals surface area (Å²) in [6, 6.07) is -2.81. The first-order valence-electron chi connectivity index (χ1n) is 2.28. The zero-order valence-corrected chi connectivity index (χ0v) is 5.50. The number of alkyl halides is 3. The first-order chi connectivity index (χ1) is 4.50. The molecule has 0 aliphatic heterocycles. The molecule has 6 heteroatoms. The lowest BCUT2D eigenvalue weighted by atomic mass is 10.6. The average Bonchev–Trinajstić information content (AvgIpc) is 1.84. The smallest absolute Gasteiger partial charge is 0.311 e. The maximum absolute atomic E-state index is 11.7. The number of halogens is 4. The lowest BCUT2D eigenvalue weighted by Gasteiger charge is -2.08. The van der Waals surface area contributed by atoms with Gasteiger partial charge < -0.3 is 4.74 Å². The minimum Gasteiger partial charge on any atom is -0.311 e. The molecule has 0 radical (unpaired) electrons. The lowest BCUT2D eigenvalue weighted by Crippen LogP contribution is -2.29. The number of ether oxygens (including phenoxy) is 1. The Morgan fingerprint density at radius 2 is 2.10 bits per heavy atom. The van der Waals surface area contributed by atoms with Crippen molar-refractivity contribution in [1.29, 1.82) is 0 Å². The van der Waals surface area contributed by atoms with Crippen LogP contribution in [-0.4, -0.2) is 24.6 Å². The van der Waals surface area contributed by atoms with Crippen molar-refractivity contribution < 1.29 is 22.7 Å². The van der Waals surface area contributed by atoms with Crippen LogP contribution in [0.1, 0.15) is 0 Å². The van der Waals surface area contributed by atoms with Crippen LogP contribution in [0.2, 0.25) is 0 Å². The molecule has 0 aliphatic carbocycles. The summed E-state index contributed by atoms with van der Waals surface area (Å²) in [7, 11) is 0. The first kappa shape index (κ1) is 9.71. The molecular weight excluding hydrogens is 172 g/mol. The van der Waals surface area contributed by atoms with E-state index >= 15 is 0 Å². The Balaban J connectivity index is 3.75. The number of rotatable bonds is 4.